The van der Waals surface area contributed by atoms with Gasteiger partial charge in [-0.1, -0.05) is 46.9 Å². The van der Waals surface area contributed by atoms with Crippen molar-refractivity contribution in [3.8, 4) is 5.75 Å². The van der Waals surface area contributed by atoms with Gasteiger partial charge in [-0.15, -0.1) is 0 Å². The second-order valence-corrected chi connectivity index (χ2v) is 7.74. The van der Waals surface area contributed by atoms with Crippen molar-refractivity contribution in [2.45, 2.75) is 16.9 Å². The molecule has 2 aromatic rings. The number of nitrogens with zero attached hydrogens (tertiary/aromatic N) is 1. The number of amides is 1. The third-order valence-electron chi connectivity index (χ3n) is 3.42. The standard InChI is InChI=1S/C17H13Cl3N2O5/c1-10(23)11-6-8-12(9-7-11)27-16(17(18,19)20)21-15(24)13-4-2-3-5-14(13)22(25)26/h2-9,16H,1H3,(H,21,24). The van der Waals surface area contributed by atoms with E-state index in [1.165, 1.54) is 55.5 Å². The predicted octanol–water partition coefficient (Wildman–Crippen LogP) is 4.30. The fourth-order valence-corrected chi connectivity index (χ4v) is 2.40. The van der Waals surface area contributed by atoms with Crippen LogP contribution in [0.15, 0.2) is 48.5 Å². The number of nitro groups is 1. The second kappa shape index (κ2) is 8.56. The van der Waals surface area contributed by atoms with E-state index in [1.54, 1.807) is 0 Å². The number of hydrogen-bond acceptors (Lipinski definition) is 5. The molecule has 27 heavy (non-hydrogen) atoms. The lowest BCUT2D eigenvalue weighted by Crippen LogP contribution is -2.48. The first kappa shape index (κ1) is 21.0. The summed E-state index contributed by atoms with van der Waals surface area (Å²) in [5.74, 6) is -0.762. The summed E-state index contributed by atoms with van der Waals surface area (Å²) >= 11 is 17.6. The molecule has 1 amide bonds. The van der Waals surface area contributed by atoms with Crippen LogP contribution in [0.4, 0.5) is 5.69 Å². The van der Waals surface area contributed by atoms with Crippen molar-refractivity contribution in [1.82, 2.24) is 5.32 Å². The van der Waals surface area contributed by atoms with Gasteiger partial charge in [-0.25, -0.2) is 0 Å². The number of benzene rings is 2. The number of Topliss-reactive ketones (excluding diaryl/α,β-unsaturated/α-hetero) is 1. The molecule has 2 rings (SSSR count). The molecule has 0 aromatic heterocycles. The summed E-state index contributed by atoms with van der Waals surface area (Å²) in [6.45, 7) is 1.41. The highest BCUT2D eigenvalue weighted by Crippen LogP contribution is 2.32. The Morgan fingerprint density at radius 3 is 2.22 bits per heavy atom. The van der Waals surface area contributed by atoms with Gasteiger partial charge in [0.05, 0.1) is 4.92 Å². The Morgan fingerprint density at radius 1 is 1.11 bits per heavy atom. The number of rotatable bonds is 6. The lowest BCUT2D eigenvalue weighted by Gasteiger charge is -2.26. The summed E-state index contributed by atoms with van der Waals surface area (Å²) < 4.78 is 3.43. The largest absolute Gasteiger partial charge is 0.466 e. The van der Waals surface area contributed by atoms with E-state index in [0.717, 1.165) is 0 Å². The third kappa shape index (κ3) is 5.56. The van der Waals surface area contributed by atoms with E-state index in [2.05, 4.69) is 5.32 Å². The molecule has 0 radical (unpaired) electrons. The van der Waals surface area contributed by atoms with Gasteiger partial charge in [-0.3, -0.25) is 19.7 Å². The van der Waals surface area contributed by atoms with E-state index in [0.29, 0.717) is 5.56 Å². The highest BCUT2D eigenvalue weighted by atomic mass is 35.6. The van der Waals surface area contributed by atoms with Crippen molar-refractivity contribution in [3.63, 3.8) is 0 Å². The molecule has 1 unspecified atom stereocenters. The van der Waals surface area contributed by atoms with Gasteiger partial charge in [0, 0.05) is 11.6 Å². The summed E-state index contributed by atoms with van der Waals surface area (Å²) in [5.41, 5.74) is -0.155. The van der Waals surface area contributed by atoms with Gasteiger partial charge in [-0.05, 0) is 37.3 Å². The monoisotopic (exact) mass is 430 g/mol. The predicted molar refractivity (Wildman–Crippen MR) is 102 cm³/mol. The highest BCUT2D eigenvalue weighted by molar-refractivity contribution is 6.68. The van der Waals surface area contributed by atoms with Gasteiger partial charge in [0.25, 0.3) is 11.6 Å². The van der Waals surface area contributed by atoms with Crippen molar-refractivity contribution in [1.29, 1.82) is 0 Å². The van der Waals surface area contributed by atoms with Crippen molar-refractivity contribution in [2.75, 3.05) is 0 Å². The molecule has 1 N–H and O–H groups in total. The average molecular weight is 432 g/mol. The normalized spacial score (nSPS) is 12.1. The number of nitrogens with one attached hydrogen (secondary N) is 1. The molecular weight excluding hydrogens is 419 g/mol. The molecule has 0 bridgehead atoms. The van der Waals surface area contributed by atoms with E-state index in [1.807, 2.05) is 0 Å². The summed E-state index contributed by atoms with van der Waals surface area (Å²) in [6, 6.07) is 11.3. The minimum atomic E-state index is -2.07. The number of nitro benzene ring substituents is 1. The number of hydrogen-bond donors (Lipinski definition) is 1. The molecule has 142 valence electrons. The number of alkyl halides is 3. The minimum absolute atomic E-state index is 0.135. The van der Waals surface area contributed by atoms with Crippen LogP contribution < -0.4 is 10.1 Å². The maximum absolute atomic E-state index is 12.4. The maximum atomic E-state index is 12.4. The zero-order chi connectivity index (χ0) is 20.2. The van der Waals surface area contributed by atoms with Crippen LogP contribution in [0.3, 0.4) is 0 Å². The van der Waals surface area contributed by atoms with Crippen LogP contribution in [0.1, 0.15) is 27.6 Å². The molecular formula is C17H13Cl3N2O5. The number of ketones is 1. The molecule has 0 saturated heterocycles. The highest BCUT2D eigenvalue weighted by Gasteiger charge is 2.37. The van der Waals surface area contributed by atoms with E-state index < -0.39 is 26.5 Å². The number of carbonyl (C=O) groups is 2. The number of halogens is 3. The number of carbonyl (C=O) groups excluding carboxylic acids is 2. The van der Waals surface area contributed by atoms with Gasteiger partial charge in [0.1, 0.15) is 11.3 Å². The Morgan fingerprint density at radius 2 is 1.70 bits per heavy atom. The zero-order valence-electron chi connectivity index (χ0n) is 13.8. The zero-order valence-corrected chi connectivity index (χ0v) is 16.1. The Hall–Kier alpha value is -2.35. The molecule has 0 heterocycles. The fraction of sp³-hybridized carbons (Fsp3) is 0.176. The van der Waals surface area contributed by atoms with Crippen LogP contribution in [0.5, 0.6) is 5.75 Å². The van der Waals surface area contributed by atoms with E-state index >= 15 is 0 Å². The fourth-order valence-electron chi connectivity index (χ4n) is 2.10. The quantitative estimate of drug-likeness (QED) is 0.242. The smallest absolute Gasteiger partial charge is 0.282 e. The van der Waals surface area contributed by atoms with Gasteiger partial charge >= 0.3 is 0 Å². The first-order chi connectivity index (χ1) is 12.6. The van der Waals surface area contributed by atoms with Crippen LogP contribution in [0, 0.1) is 10.1 Å². The third-order valence-corrected chi connectivity index (χ3v) is 4.01. The maximum Gasteiger partial charge on any atom is 0.282 e. The van der Waals surface area contributed by atoms with Gasteiger partial charge in [0.15, 0.2) is 5.78 Å². The van der Waals surface area contributed by atoms with Crippen LogP contribution in [-0.2, 0) is 0 Å². The molecule has 0 aliphatic carbocycles. The van der Waals surface area contributed by atoms with E-state index in [4.69, 9.17) is 39.5 Å². The van der Waals surface area contributed by atoms with Crippen LogP contribution in [-0.4, -0.2) is 26.6 Å². The second-order valence-electron chi connectivity index (χ2n) is 5.37. The summed E-state index contributed by atoms with van der Waals surface area (Å²) in [4.78, 5) is 34.1. The Labute approximate surface area is 169 Å². The van der Waals surface area contributed by atoms with Crippen LogP contribution in [0.2, 0.25) is 0 Å². The Kier molecular flexibility index (Phi) is 6.64. The molecule has 0 saturated carbocycles. The molecule has 0 aliphatic rings. The summed E-state index contributed by atoms with van der Waals surface area (Å²) in [7, 11) is 0. The van der Waals surface area contributed by atoms with E-state index in [9.17, 15) is 19.7 Å². The molecule has 1 atom stereocenters. The molecule has 0 spiro atoms. The lowest BCUT2D eigenvalue weighted by atomic mass is 10.1. The first-order valence-electron chi connectivity index (χ1n) is 7.48. The van der Waals surface area contributed by atoms with Crippen LogP contribution in [0.25, 0.3) is 0 Å². The van der Waals surface area contributed by atoms with Crippen molar-refractivity contribution in [2.24, 2.45) is 0 Å². The Balaban J connectivity index is 2.24. The topological polar surface area (TPSA) is 98.5 Å². The van der Waals surface area contributed by atoms with Gasteiger partial charge < -0.3 is 10.1 Å². The molecule has 0 aliphatic heterocycles. The average Bonchev–Trinajstić information content (AvgIpc) is 2.60. The molecule has 7 nitrogen and oxygen atoms in total. The SMILES string of the molecule is CC(=O)c1ccc(OC(NC(=O)c2ccccc2[N+](=O)[O-])C(Cl)(Cl)Cl)cc1. The van der Waals surface area contributed by atoms with Crippen LogP contribution >= 0.6 is 34.8 Å². The minimum Gasteiger partial charge on any atom is -0.466 e. The lowest BCUT2D eigenvalue weighted by molar-refractivity contribution is -0.385. The van der Waals surface area contributed by atoms with Gasteiger partial charge in [-0.2, -0.15) is 0 Å². The molecule has 2 aromatic carbocycles. The number of para-hydroxylation sites is 1. The Bertz CT molecular complexity index is 866. The summed E-state index contributed by atoms with van der Waals surface area (Å²) in [6.07, 6.45) is -1.45. The van der Waals surface area contributed by atoms with E-state index in [-0.39, 0.29) is 17.1 Å². The van der Waals surface area contributed by atoms with Gasteiger partial charge in [0.2, 0.25) is 10.0 Å². The van der Waals surface area contributed by atoms with Crippen molar-refractivity contribution < 1.29 is 19.2 Å². The van der Waals surface area contributed by atoms with Crippen molar-refractivity contribution >= 4 is 52.2 Å². The molecule has 0 fully saturated rings. The first-order valence-corrected chi connectivity index (χ1v) is 8.61. The summed E-state index contributed by atoms with van der Waals surface area (Å²) in [5, 5.41) is 13.4. The molecule has 10 heteroatoms. The number of ether oxygens (including phenoxy) is 1. The van der Waals surface area contributed by atoms with Crippen molar-refractivity contribution in [3.05, 3.63) is 69.8 Å².